The van der Waals surface area contributed by atoms with Crippen LogP contribution in [0.1, 0.15) is 6.42 Å². The maximum Gasteiger partial charge on any atom is 0.321 e. The zero-order valence-corrected chi connectivity index (χ0v) is 13.3. The fourth-order valence-electron chi connectivity index (χ4n) is 1.61. The van der Waals surface area contributed by atoms with Gasteiger partial charge in [0.25, 0.3) is 0 Å². The number of carbonyl (C=O) groups is 2. The van der Waals surface area contributed by atoms with E-state index in [2.05, 4.69) is 20.8 Å². The lowest BCUT2D eigenvalue weighted by Crippen LogP contribution is -2.37. The first kappa shape index (κ1) is 16.3. The average molecular weight is 340 g/mol. The Morgan fingerprint density at radius 1 is 1.41 bits per heavy atom. The van der Waals surface area contributed by atoms with Gasteiger partial charge in [0.05, 0.1) is 5.69 Å². The van der Waals surface area contributed by atoms with Crippen molar-refractivity contribution in [1.29, 1.82) is 0 Å². The van der Waals surface area contributed by atoms with Crippen molar-refractivity contribution in [3.8, 4) is 5.69 Å². The molecule has 2 aromatic rings. The van der Waals surface area contributed by atoms with E-state index in [-0.39, 0.29) is 12.3 Å². The predicted octanol–water partition coefficient (Wildman–Crippen LogP) is 1.86. The molecule has 0 saturated carbocycles. The van der Waals surface area contributed by atoms with Crippen LogP contribution in [-0.4, -0.2) is 39.5 Å². The van der Waals surface area contributed by atoms with Crippen LogP contribution >= 0.6 is 23.4 Å². The Morgan fingerprint density at radius 3 is 2.95 bits per heavy atom. The highest BCUT2D eigenvalue weighted by atomic mass is 35.5. The van der Waals surface area contributed by atoms with Crippen molar-refractivity contribution in [1.82, 2.24) is 25.4 Å². The molecule has 0 saturated heterocycles. The van der Waals surface area contributed by atoms with Crippen molar-refractivity contribution < 1.29 is 9.59 Å². The summed E-state index contributed by atoms with van der Waals surface area (Å²) in [5.74, 6) is 0.128. The Labute approximate surface area is 136 Å². The molecule has 7 nitrogen and oxygen atoms in total. The Bertz CT molecular complexity index is 676. The van der Waals surface area contributed by atoms with Gasteiger partial charge in [-0.3, -0.25) is 14.7 Å². The van der Waals surface area contributed by atoms with E-state index in [4.69, 9.17) is 11.6 Å². The second kappa shape index (κ2) is 7.81. The molecule has 0 bridgehead atoms. The molecule has 3 amide bonds. The minimum absolute atomic E-state index is 0.195. The maximum absolute atomic E-state index is 11.5. The van der Waals surface area contributed by atoms with Crippen molar-refractivity contribution in [2.75, 3.05) is 12.8 Å². The Hall–Kier alpha value is -2.06. The summed E-state index contributed by atoms with van der Waals surface area (Å²) in [5, 5.41) is 13.7. The van der Waals surface area contributed by atoms with Gasteiger partial charge in [-0.15, -0.1) is 10.2 Å². The van der Waals surface area contributed by atoms with Crippen LogP contribution in [0.5, 0.6) is 0 Å². The van der Waals surface area contributed by atoms with Gasteiger partial charge in [0, 0.05) is 24.2 Å². The summed E-state index contributed by atoms with van der Waals surface area (Å²) in [4.78, 5) is 22.5. The Balaban J connectivity index is 1.94. The zero-order chi connectivity index (χ0) is 15.9. The molecular formula is C13H14ClN5O2S. The van der Waals surface area contributed by atoms with Crippen molar-refractivity contribution in [2.45, 2.75) is 11.6 Å². The number of hydrogen-bond donors (Lipinski definition) is 2. The molecule has 0 unspecified atom stereocenters. The Morgan fingerprint density at radius 2 is 2.23 bits per heavy atom. The van der Waals surface area contributed by atoms with E-state index in [9.17, 15) is 9.59 Å². The molecule has 0 aliphatic rings. The fraction of sp³-hybridized carbons (Fsp3) is 0.231. The van der Waals surface area contributed by atoms with E-state index >= 15 is 0 Å². The summed E-state index contributed by atoms with van der Waals surface area (Å²) >= 11 is 7.34. The van der Waals surface area contributed by atoms with Gasteiger partial charge in [-0.25, -0.2) is 4.79 Å². The summed E-state index contributed by atoms with van der Waals surface area (Å²) < 4.78 is 1.78. The number of hydrogen-bond acceptors (Lipinski definition) is 5. The van der Waals surface area contributed by atoms with Gasteiger partial charge >= 0.3 is 6.03 Å². The third-order valence-corrected chi connectivity index (χ3v) is 3.82. The van der Waals surface area contributed by atoms with E-state index in [1.54, 1.807) is 23.0 Å². The van der Waals surface area contributed by atoms with Crippen LogP contribution < -0.4 is 10.6 Å². The van der Waals surface area contributed by atoms with Crippen LogP contribution in [0.2, 0.25) is 5.02 Å². The molecule has 1 heterocycles. The van der Waals surface area contributed by atoms with Crippen molar-refractivity contribution in [3.05, 3.63) is 35.6 Å². The predicted molar refractivity (Wildman–Crippen MR) is 84.3 cm³/mol. The second-order valence-electron chi connectivity index (χ2n) is 4.19. The normalized spacial score (nSPS) is 10.3. The van der Waals surface area contributed by atoms with Crippen LogP contribution in [0.3, 0.4) is 0 Å². The van der Waals surface area contributed by atoms with E-state index in [1.165, 1.54) is 18.8 Å². The molecule has 1 aromatic heterocycles. The molecule has 0 radical (unpaired) electrons. The smallest absolute Gasteiger partial charge is 0.321 e. The number of urea groups is 1. The fourth-order valence-corrected chi connectivity index (χ4v) is 2.66. The largest absolute Gasteiger partial charge is 0.341 e. The summed E-state index contributed by atoms with van der Waals surface area (Å²) in [6.45, 7) is 0. The first-order valence-corrected chi connectivity index (χ1v) is 7.77. The number of benzene rings is 1. The SMILES string of the molecule is CNC(=O)NC(=O)CCSc1nncn1-c1cccc(Cl)c1. The van der Waals surface area contributed by atoms with Crippen LogP contribution in [0.25, 0.3) is 5.69 Å². The highest BCUT2D eigenvalue weighted by Crippen LogP contribution is 2.21. The first-order chi connectivity index (χ1) is 10.6. The molecule has 22 heavy (non-hydrogen) atoms. The molecule has 2 rings (SSSR count). The highest BCUT2D eigenvalue weighted by molar-refractivity contribution is 7.99. The third-order valence-electron chi connectivity index (χ3n) is 2.64. The van der Waals surface area contributed by atoms with E-state index in [1.807, 2.05) is 12.1 Å². The summed E-state index contributed by atoms with van der Waals surface area (Å²) in [6.07, 6.45) is 1.78. The lowest BCUT2D eigenvalue weighted by Gasteiger charge is -2.06. The van der Waals surface area contributed by atoms with E-state index < -0.39 is 6.03 Å². The Kier molecular flexibility index (Phi) is 5.79. The van der Waals surface area contributed by atoms with Gasteiger partial charge in [0.15, 0.2) is 5.16 Å². The van der Waals surface area contributed by atoms with Gasteiger partial charge < -0.3 is 5.32 Å². The first-order valence-electron chi connectivity index (χ1n) is 6.40. The number of nitrogens with one attached hydrogen (secondary N) is 2. The lowest BCUT2D eigenvalue weighted by molar-refractivity contribution is -0.119. The molecule has 0 atom stereocenters. The molecule has 0 spiro atoms. The van der Waals surface area contributed by atoms with Crippen LogP contribution in [0.4, 0.5) is 4.79 Å². The number of rotatable bonds is 5. The zero-order valence-electron chi connectivity index (χ0n) is 11.7. The number of nitrogens with zero attached hydrogens (tertiary/aromatic N) is 3. The van der Waals surface area contributed by atoms with Gasteiger partial charge in [0.2, 0.25) is 5.91 Å². The minimum Gasteiger partial charge on any atom is -0.341 e. The quantitative estimate of drug-likeness (QED) is 0.812. The molecule has 9 heteroatoms. The molecular weight excluding hydrogens is 326 g/mol. The highest BCUT2D eigenvalue weighted by Gasteiger charge is 2.10. The van der Waals surface area contributed by atoms with Crippen molar-refractivity contribution in [3.63, 3.8) is 0 Å². The van der Waals surface area contributed by atoms with E-state index in [0.29, 0.717) is 15.9 Å². The topological polar surface area (TPSA) is 88.9 Å². The number of imide groups is 1. The van der Waals surface area contributed by atoms with E-state index in [0.717, 1.165) is 5.69 Å². The molecule has 2 N–H and O–H groups in total. The summed E-state index contributed by atoms with van der Waals surface area (Å²) in [6, 6.07) is 6.79. The second-order valence-corrected chi connectivity index (χ2v) is 5.69. The van der Waals surface area contributed by atoms with Crippen LogP contribution in [0, 0.1) is 0 Å². The average Bonchev–Trinajstić information content (AvgIpc) is 2.95. The standard InChI is InChI=1S/C13H14ClN5O2S/c1-15-12(21)17-11(20)5-6-22-13-18-16-8-19(13)10-4-2-3-9(14)7-10/h2-4,7-8H,5-6H2,1H3,(H2,15,17,20,21). The van der Waals surface area contributed by atoms with Gasteiger partial charge in [0.1, 0.15) is 6.33 Å². The number of halogens is 1. The lowest BCUT2D eigenvalue weighted by atomic mass is 10.3. The van der Waals surface area contributed by atoms with Crippen molar-refractivity contribution >= 4 is 35.3 Å². The molecule has 0 aliphatic carbocycles. The number of aromatic nitrogens is 3. The molecule has 0 aliphatic heterocycles. The number of thioether (sulfide) groups is 1. The van der Waals surface area contributed by atoms with Gasteiger partial charge in [-0.05, 0) is 18.2 Å². The maximum atomic E-state index is 11.5. The minimum atomic E-state index is -0.517. The molecule has 0 fully saturated rings. The third kappa shape index (κ3) is 4.47. The molecule has 1 aromatic carbocycles. The van der Waals surface area contributed by atoms with Gasteiger partial charge in [-0.1, -0.05) is 29.4 Å². The summed E-state index contributed by atoms with van der Waals surface area (Å²) in [5.41, 5.74) is 0.842. The molecule has 116 valence electrons. The van der Waals surface area contributed by atoms with Crippen LogP contribution in [-0.2, 0) is 4.79 Å². The van der Waals surface area contributed by atoms with Crippen LogP contribution in [0.15, 0.2) is 35.7 Å². The summed E-state index contributed by atoms with van der Waals surface area (Å²) in [7, 11) is 1.45. The number of carbonyl (C=O) groups excluding carboxylic acids is 2. The monoisotopic (exact) mass is 339 g/mol. The van der Waals surface area contributed by atoms with Crippen molar-refractivity contribution in [2.24, 2.45) is 0 Å². The van der Waals surface area contributed by atoms with Gasteiger partial charge in [-0.2, -0.15) is 0 Å². The number of amides is 3.